The molecule has 0 saturated heterocycles. The largest absolute Gasteiger partial charge is 0.351 e. The van der Waals surface area contributed by atoms with Gasteiger partial charge in [0.2, 0.25) is 0 Å². The molecule has 0 aliphatic carbocycles. The Morgan fingerprint density at radius 3 is 1.28 bits per heavy atom. The lowest BCUT2D eigenvalue weighted by molar-refractivity contribution is 0.0693. The highest BCUT2D eigenvalue weighted by Crippen LogP contribution is 2.21. The quantitative estimate of drug-likeness (QED) is 0.128. The van der Waals surface area contributed by atoms with Crippen LogP contribution in [0.2, 0.25) is 0 Å². The summed E-state index contributed by atoms with van der Waals surface area (Å²) >= 11 is 0. The fraction of sp³-hybridized carbons (Fsp3) is 0.128. The highest BCUT2D eigenvalue weighted by molar-refractivity contribution is 6.21. The van der Waals surface area contributed by atoms with Gasteiger partial charge in [-0.1, -0.05) is 60.7 Å². The minimum atomic E-state index is -0.212. The number of carbonyl (C=O) groups is 2. The summed E-state index contributed by atoms with van der Waals surface area (Å²) in [5.74, 6) is -0.425. The molecule has 0 unspecified atom stereocenters. The maximum absolute atomic E-state index is 11.3. The van der Waals surface area contributed by atoms with Gasteiger partial charge >= 0.3 is 0 Å². The van der Waals surface area contributed by atoms with Crippen LogP contribution in [0.4, 0.5) is 0 Å². The van der Waals surface area contributed by atoms with Gasteiger partial charge in [-0.05, 0) is 115 Å². The van der Waals surface area contributed by atoms with Crippen molar-refractivity contribution >= 4 is 111 Å². The number of benzene rings is 4. The van der Waals surface area contributed by atoms with Gasteiger partial charge < -0.3 is 27.4 Å². The molecule has 510 valence electrons. The van der Waals surface area contributed by atoms with E-state index < -0.39 is 0 Å². The van der Waals surface area contributed by atoms with Crippen LogP contribution in [0, 0.1) is 0 Å². The molecular weight excluding hydrogens is 1280 g/mol. The van der Waals surface area contributed by atoms with E-state index in [0.717, 1.165) is 60.2 Å². The fourth-order valence-electron chi connectivity index (χ4n) is 10.8. The Balaban J connectivity index is 0.000000114. The molecular formula is C78H76N22O2. The average molecular weight is 1350 g/mol. The number of imide groups is 1. The van der Waals surface area contributed by atoms with Crippen LogP contribution in [0.25, 0.3) is 98.9 Å². The third-order valence-electron chi connectivity index (χ3n) is 16.4. The van der Waals surface area contributed by atoms with E-state index in [1.165, 1.54) is 50.7 Å². The van der Waals surface area contributed by atoms with Crippen LogP contribution in [0.5, 0.6) is 0 Å². The summed E-state index contributed by atoms with van der Waals surface area (Å²) < 4.78 is 17.5. The van der Waals surface area contributed by atoms with Crippen molar-refractivity contribution < 1.29 is 9.59 Å². The van der Waals surface area contributed by atoms with Crippen molar-refractivity contribution in [1.82, 2.24) is 106 Å². The van der Waals surface area contributed by atoms with Gasteiger partial charge in [0.1, 0.15) is 11.2 Å². The van der Waals surface area contributed by atoms with Crippen LogP contribution >= 0.6 is 0 Å². The Morgan fingerprint density at radius 2 is 0.676 bits per heavy atom. The molecule has 15 aromatic heterocycles. The first kappa shape index (κ1) is 69.7. The van der Waals surface area contributed by atoms with E-state index in [1.54, 1.807) is 66.4 Å². The van der Waals surface area contributed by atoms with E-state index in [2.05, 4.69) is 149 Å². The number of hydrogen-bond donors (Lipinski definition) is 0. The second-order valence-electron chi connectivity index (χ2n) is 23.4. The third kappa shape index (κ3) is 16.8. The molecule has 102 heavy (non-hydrogen) atoms. The van der Waals surface area contributed by atoms with Crippen LogP contribution in [-0.2, 0) is 63.4 Å². The summed E-state index contributed by atoms with van der Waals surface area (Å²) in [6.07, 6.45) is 33.1. The molecule has 0 N–H and O–H groups in total. The van der Waals surface area contributed by atoms with Gasteiger partial charge in [0.15, 0.2) is 11.3 Å². The maximum atomic E-state index is 11.3. The zero-order chi connectivity index (χ0) is 71.5. The zero-order valence-corrected chi connectivity index (χ0v) is 58.2. The van der Waals surface area contributed by atoms with E-state index in [0.29, 0.717) is 11.1 Å². The maximum Gasteiger partial charge on any atom is 0.261 e. The molecule has 24 nitrogen and oxygen atoms in total. The van der Waals surface area contributed by atoms with Crippen molar-refractivity contribution in [3.05, 3.63) is 293 Å². The molecule has 0 radical (unpaired) electrons. The molecule has 4 aromatic carbocycles. The minimum absolute atomic E-state index is 0.212. The van der Waals surface area contributed by atoms with E-state index in [9.17, 15) is 9.59 Å². The van der Waals surface area contributed by atoms with Crippen LogP contribution < -0.4 is 0 Å². The van der Waals surface area contributed by atoms with E-state index in [1.807, 2.05) is 231 Å². The van der Waals surface area contributed by atoms with Crippen LogP contribution in [0.1, 0.15) is 20.7 Å². The minimum Gasteiger partial charge on any atom is -0.351 e. The second kappa shape index (κ2) is 33.1. The topological polar surface area (TPSA) is 236 Å². The predicted molar refractivity (Wildman–Crippen MR) is 403 cm³/mol. The lowest BCUT2D eigenvalue weighted by Gasteiger charge is -2.02. The molecule has 16 heterocycles. The first-order valence-electron chi connectivity index (χ1n) is 32.3. The molecule has 0 fully saturated rings. The number of rotatable bonds is 0. The number of pyridine rings is 6. The van der Waals surface area contributed by atoms with Gasteiger partial charge in [0.05, 0.1) is 106 Å². The standard InChI is InChI=1S/C9H7NO2.C9H9N.4C8H8N2.4C7H7N3/c1-10-8(11)6-4-2-3-5-7(6)9(10)12;1-10-7-6-8-4-2-3-5-9(8)10;1-10-5-3-7-2-4-9-6-8(7)10;1-10-6-4-7-3-2-5-9-8(7)10;1-10-6-9-7-4-2-3-5-8(7)10;1-10-8-5-3-2-4-7(8)6-9-10;1-10-5-9-6-2-3-8-4-7(6)10;1-10-7-5-8-3-2-6(7)4-9-10;1-10-5-9-6-3-2-4-8-7(6)10;1-10-7-6(5-9-10)3-2-4-8-7/h2-5H,1H3;2-7H,1H3;4*2-6H,1H3;4*2-5H,1H3. The Hall–Kier alpha value is -13.6. The van der Waals surface area contributed by atoms with E-state index >= 15 is 0 Å². The molecule has 0 atom stereocenters. The lowest BCUT2D eigenvalue weighted by Crippen LogP contribution is -2.24. The zero-order valence-electron chi connectivity index (χ0n) is 58.2. The smallest absolute Gasteiger partial charge is 0.261 e. The van der Waals surface area contributed by atoms with Crippen LogP contribution in [-0.4, -0.2) is 125 Å². The van der Waals surface area contributed by atoms with Crippen molar-refractivity contribution in [3.8, 4) is 0 Å². The molecule has 0 bridgehead atoms. The monoisotopic (exact) mass is 1350 g/mol. The molecule has 0 saturated carbocycles. The van der Waals surface area contributed by atoms with Crippen LogP contribution in [0.15, 0.2) is 282 Å². The number of para-hydroxylation sites is 4. The van der Waals surface area contributed by atoms with Crippen molar-refractivity contribution in [3.63, 3.8) is 0 Å². The number of hydrogen-bond acceptors (Lipinski definition) is 14. The summed E-state index contributed by atoms with van der Waals surface area (Å²) in [7, 11) is 19.2. The number of aryl methyl sites for hydroxylation is 9. The Labute approximate surface area is 587 Å². The van der Waals surface area contributed by atoms with E-state index in [4.69, 9.17) is 0 Å². The first-order valence-corrected chi connectivity index (χ1v) is 32.3. The SMILES string of the molecule is CN1C(=O)c2ccccc2C1=O.Cn1ccc2ccccc21.Cn1ccc2cccnc21.Cn1ccc2ccncc21.Cn1cnc2ccccc21.Cn1cnc2cccnc21.Cn1cnc2ccncc21.Cn1ncc2ccccc21.Cn1ncc2cccnc21.Cn1ncc2ccncc21. The Morgan fingerprint density at radius 1 is 0.255 bits per heavy atom. The number of carbonyl (C=O) groups excluding carboxylic acids is 2. The Bertz CT molecular complexity index is 4860. The van der Waals surface area contributed by atoms with Crippen molar-refractivity contribution in [2.24, 2.45) is 63.4 Å². The third-order valence-corrected chi connectivity index (χ3v) is 16.4. The van der Waals surface area contributed by atoms with Crippen LogP contribution in [0.3, 0.4) is 0 Å². The molecule has 2 amide bonds. The number of nitrogens with zero attached hydrogens (tertiary/aromatic N) is 22. The summed E-state index contributed by atoms with van der Waals surface area (Å²) in [5.41, 5.74) is 13.9. The van der Waals surface area contributed by atoms with Gasteiger partial charge in [0.25, 0.3) is 11.8 Å². The molecule has 20 rings (SSSR count). The Kier molecular flexibility index (Phi) is 22.6. The predicted octanol–water partition coefficient (Wildman–Crippen LogP) is 13.3. The molecule has 0 spiro atoms. The van der Waals surface area contributed by atoms with Crippen molar-refractivity contribution in [2.45, 2.75) is 0 Å². The molecule has 1 aliphatic rings. The summed E-state index contributed by atoms with van der Waals surface area (Å²) in [6.45, 7) is 0. The number of aromatic nitrogens is 21. The summed E-state index contributed by atoms with van der Waals surface area (Å²) in [5, 5.41) is 19.4. The molecule has 24 heteroatoms. The lowest BCUT2D eigenvalue weighted by atomic mass is 10.1. The highest BCUT2D eigenvalue weighted by Gasteiger charge is 2.31. The summed E-state index contributed by atoms with van der Waals surface area (Å²) in [6, 6.07) is 55.3. The fourth-order valence-corrected chi connectivity index (χ4v) is 10.8. The van der Waals surface area contributed by atoms with Gasteiger partial charge in [0, 0.05) is 159 Å². The first-order chi connectivity index (χ1) is 49.6. The van der Waals surface area contributed by atoms with Crippen molar-refractivity contribution in [1.29, 1.82) is 0 Å². The molecule has 1 aliphatic heterocycles. The number of fused-ring (bicyclic) bond motifs is 10. The second-order valence-corrected chi connectivity index (χ2v) is 23.4. The van der Waals surface area contributed by atoms with Crippen molar-refractivity contribution in [2.75, 3.05) is 7.05 Å². The van der Waals surface area contributed by atoms with Gasteiger partial charge in [-0.3, -0.25) is 43.5 Å². The van der Waals surface area contributed by atoms with E-state index in [-0.39, 0.29) is 11.8 Å². The van der Waals surface area contributed by atoms with Gasteiger partial charge in [-0.2, -0.15) is 15.3 Å². The number of amides is 2. The normalized spacial score (nSPS) is 11.1. The highest BCUT2D eigenvalue weighted by atomic mass is 16.2. The average Bonchev–Trinajstić information content (AvgIpc) is 1.64. The summed E-state index contributed by atoms with van der Waals surface area (Å²) in [4.78, 5) is 60.7. The van der Waals surface area contributed by atoms with Gasteiger partial charge in [-0.25, -0.2) is 29.9 Å². The molecule has 19 aromatic rings. The number of imidazole rings is 3. The van der Waals surface area contributed by atoms with Gasteiger partial charge in [-0.15, -0.1) is 0 Å².